The van der Waals surface area contributed by atoms with Gasteiger partial charge in [-0.3, -0.25) is 4.79 Å². The van der Waals surface area contributed by atoms with Crippen LogP contribution < -0.4 is 9.47 Å². The van der Waals surface area contributed by atoms with Crippen molar-refractivity contribution in [2.24, 2.45) is 16.7 Å². The minimum atomic E-state index is -0.579. The molecule has 4 heteroatoms. The third kappa shape index (κ3) is 5.50. The minimum absolute atomic E-state index is 0.167. The fraction of sp³-hybridized carbons (Fsp3) is 0.708. The molecule has 1 aromatic rings. The number of esters is 1. The van der Waals surface area contributed by atoms with Crippen LogP contribution in [-0.2, 0) is 9.53 Å². The van der Waals surface area contributed by atoms with Crippen LogP contribution in [0.15, 0.2) is 24.3 Å². The monoisotopic (exact) mass is 390 g/mol. The molecule has 2 rings (SSSR count). The Balaban J connectivity index is 1.95. The zero-order valence-corrected chi connectivity index (χ0v) is 18.7. The lowest BCUT2D eigenvalue weighted by Crippen LogP contribution is -2.46. The molecule has 2 atom stereocenters. The van der Waals surface area contributed by atoms with E-state index in [1.54, 1.807) is 12.1 Å². The summed E-state index contributed by atoms with van der Waals surface area (Å²) in [6, 6.07) is 7.22. The molecule has 0 aromatic heterocycles. The Labute approximate surface area is 170 Å². The second-order valence-electron chi connectivity index (χ2n) is 9.55. The normalized spacial score (nSPS) is 19.1. The summed E-state index contributed by atoms with van der Waals surface area (Å²) in [6.07, 6.45) is 6.02. The van der Waals surface area contributed by atoms with Gasteiger partial charge < -0.3 is 14.2 Å². The van der Waals surface area contributed by atoms with Crippen molar-refractivity contribution in [3.8, 4) is 11.5 Å². The van der Waals surface area contributed by atoms with Gasteiger partial charge in [0.05, 0.1) is 11.5 Å². The van der Waals surface area contributed by atoms with Gasteiger partial charge in [-0.05, 0) is 62.3 Å². The third-order valence-corrected chi connectivity index (χ3v) is 6.41. The van der Waals surface area contributed by atoms with E-state index in [0.717, 1.165) is 12.8 Å². The molecule has 158 valence electrons. The Kier molecular flexibility index (Phi) is 7.55. The molecule has 0 N–H and O–H groups in total. The summed E-state index contributed by atoms with van der Waals surface area (Å²) in [5.41, 5.74) is -0.780. The SMILES string of the molecule is CC(Oc1ccc(OC(=O)C(C)(C(C)C)C(C)(C)C)cc1)OC1CCCCC1. The lowest BCUT2D eigenvalue weighted by molar-refractivity contribution is -0.155. The highest BCUT2D eigenvalue weighted by Crippen LogP contribution is 2.45. The van der Waals surface area contributed by atoms with E-state index >= 15 is 0 Å². The van der Waals surface area contributed by atoms with Crippen LogP contribution in [0.5, 0.6) is 11.5 Å². The Morgan fingerprint density at radius 1 is 0.929 bits per heavy atom. The molecular weight excluding hydrogens is 352 g/mol. The molecule has 1 aliphatic carbocycles. The number of benzene rings is 1. The molecule has 0 bridgehead atoms. The molecule has 1 fully saturated rings. The summed E-state index contributed by atoms with van der Waals surface area (Å²) in [5, 5.41) is 0. The number of hydrogen-bond donors (Lipinski definition) is 0. The Bertz CT molecular complexity index is 623. The molecule has 0 radical (unpaired) electrons. The maximum absolute atomic E-state index is 12.9. The minimum Gasteiger partial charge on any atom is -0.465 e. The molecular formula is C24H38O4. The van der Waals surface area contributed by atoms with Gasteiger partial charge in [-0.1, -0.05) is 53.9 Å². The van der Waals surface area contributed by atoms with E-state index < -0.39 is 5.41 Å². The van der Waals surface area contributed by atoms with Crippen molar-refractivity contribution >= 4 is 5.97 Å². The Morgan fingerprint density at radius 3 is 1.96 bits per heavy atom. The van der Waals surface area contributed by atoms with Crippen LogP contribution in [0.3, 0.4) is 0 Å². The zero-order chi connectivity index (χ0) is 20.9. The number of carbonyl (C=O) groups excluding carboxylic acids is 1. The first-order chi connectivity index (χ1) is 13.0. The summed E-state index contributed by atoms with van der Waals surface area (Å²) in [5.74, 6) is 1.22. The maximum Gasteiger partial charge on any atom is 0.317 e. The number of ether oxygens (including phenoxy) is 3. The highest BCUT2D eigenvalue weighted by molar-refractivity contribution is 5.80. The average molecular weight is 391 g/mol. The van der Waals surface area contributed by atoms with Crippen LogP contribution >= 0.6 is 0 Å². The average Bonchev–Trinajstić information content (AvgIpc) is 2.62. The summed E-state index contributed by atoms with van der Waals surface area (Å²) in [7, 11) is 0. The predicted molar refractivity (Wildman–Crippen MR) is 113 cm³/mol. The van der Waals surface area contributed by atoms with Gasteiger partial charge in [0, 0.05) is 0 Å². The van der Waals surface area contributed by atoms with Crippen molar-refractivity contribution in [1.29, 1.82) is 0 Å². The van der Waals surface area contributed by atoms with E-state index in [0.29, 0.717) is 17.6 Å². The van der Waals surface area contributed by atoms with Gasteiger partial charge in [-0.15, -0.1) is 0 Å². The van der Waals surface area contributed by atoms with Gasteiger partial charge in [0.1, 0.15) is 11.5 Å². The van der Waals surface area contributed by atoms with Gasteiger partial charge in [0.25, 0.3) is 0 Å². The molecule has 1 aromatic carbocycles. The zero-order valence-electron chi connectivity index (χ0n) is 18.7. The molecule has 28 heavy (non-hydrogen) atoms. The van der Waals surface area contributed by atoms with E-state index in [4.69, 9.17) is 14.2 Å². The fourth-order valence-electron chi connectivity index (χ4n) is 3.90. The Morgan fingerprint density at radius 2 is 1.46 bits per heavy atom. The van der Waals surface area contributed by atoms with Gasteiger partial charge in [-0.2, -0.15) is 0 Å². The lowest BCUT2D eigenvalue weighted by atomic mass is 9.62. The van der Waals surface area contributed by atoms with Crippen LogP contribution in [0.1, 0.15) is 80.6 Å². The predicted octanol–water partition coefficient (Wildman–Crippen LogP) is 6.37. The van der Waals surface area contributed by atoms with E-state index in [1.807, 2.05) is 26.0 Å². The van der Waals surface area contributed by atoms with Crippen LogP contribution in [0, 0.1) is 16.7 Å². The smallest absolute Gasteiger partial charge is 0.317 e. The molecule has 1 aliphatic rings. The van der Waals surface area contributed by atoms with Crippen molar-refractivity contribution in [3.63, 3.8) is 0 Å². The number of rotatable bonds is 7. The first-order valence-corrected chi connectivity index (χ1v) is 10.7. The largest absolute Gasteiger partial charge is 0.465 e. The van der Waals surface area contributed by atoms with Crippen molar-refractivity contribution in [2.45, 2.75) is 93.0 Å². The number of hydrogen-bond acceptors (Lipinski definition) is 4. The van der Waals surface area contributed by atoms with Gasteiger partial charge in [-0.25, -0.2) is 0 Å². The topological polar surface area (TPSA) is 44.8 Å². The third-order valence-electron chi connectivity index (χ3n) is 6.41. The molecule has 0 heterocycles. The molecule has 0 saturated heterocycles. The summed E-state index contributed by atoms with van der Waals surface area (Å²) in [4.78, 5) is 12.9. The van der Waals surface area contributed by atoms with E-state index in [1.165, 1.54) is 19.3 Å². The lowest BCUT2D eigenvalue weighted by Gasteiger charge is -2.42. The van der Waals surface area contributed by atoms with Gasteiger partial charge >= 0.3 is 5.97 Å². The van der Waals surface area contributed by atoms with Crippen molar-refractivity contribution in [2.75, 3.05) is 0 Å². The van der Waals surface area contributed by atoms with Crippen molar-refractivity contribution < 1.29 is 19.0 Å². The van der Waals surface area contributed by atoms with Crippen molar-refractivity contribution in [3.05, 3.63) is 24.3 Å². The second-order valence-corrected chi connectivity index (χ2v) is 9.55. The van der Waals surface area contributed by atoms with E-state index in [9.17, 15) is 4.79 Å². The van der Waals surface area contributed by atoms with Crippen LogP contribution in [0.4, 0.5) is 0 Å². The van der Waals surface area contributed by atoms with E-state index in [2.05, 4.69) is 34.6 Å². The molecule has 4 nitrogen and oxygen atoms in total. The standard InChI is InChI=1S/C24H38O4/c1-17(2)24(7,23(4,5)6)22(25)28-21-15-13-20(14-16-21)27-18(3)26-19-11-9-8-10-12-19/h13-19H,8-12H2,1-7H3. The summed E-state index contributed by atoms with van der Waals surface area (Å²) in [6.45, 7) is 14.3. The van der Waals surface area contributed by atoms with Crippen LogP contribution in [0.2, 0.25) is 0 Å². The highest BCUT2D eigenvalue weighted by Gasteiger charge is 2.48. The highest BCUT2D eigenvalue weighted by atomic mass is 16.7. The Hall–Kier alpha value is -1.55. The van der Waals surface area contributed by atoms with Crippen LogP contribution in [0.25, 0.3) is 0 Å². The summed E-state index contributed by atoms with van der Waals surface area (Å²) < 4.78 is 17.6. The summed E-state index contributed by atoms with van der Waals surface area (Å²) >= 11 is 0. The fourth-order valence-corrected chi connectivity index (χ4v) is 3.90. The van der Waals surface area contributed by atoms with Crippen molar-refractivity contribution in [1.82, 2.24) is 0 Å². The van der Waals surface area contributed by atoms with Crippen LogP contribution in [-0.4, -0.2) is 18.4 Å². The molecule has 1 saturated carbocycles. The molecule has 0 amide bonds. The van der Waals surface area contributed by atoms with E-state index in [-0.39, 0.29) is 23.6 Å². The first kappa shape index (κ1) is 22.7. The molecule has 2 unspecified atom stereocenters. The number of carbonyl (C=O) groups is 1. The quantitative estimate of drug-likeness (QED) is 0.308. The molecule has 0 spiro atoms. The van der Waals surface area contributed by atoms with Gasteiger partial charge in [0.15, 0.2) is 6.29 Å². The van der Waals surface area contributed by atoms with Gasteiger partial charge in [0.2, 0.25) is 0 Å². The second kappa shape index (κ2) is 9.30. The molecule has 0 aliphatic heterocycles. The first-order valence-electron chi connectivity index (χ1n) is 10.7. The maximum atomic E-state index is 12.9.